The molecule has 0 spiro atoms. The molecule has 2 rings (SSSR count). The van der Waals surface area contributed by atoms with Gasteiger partial charge >= 0.3 is 0 Å². The number of likely N-dealkylation sites (tertiary alicyclic amines) is 1. The van der Waals surface area contributed by atoms with E-state index in [1.165, 1.54) is 31.4 Å². The van der Waals surface area contributed by atoms with Crippen molar-refractivity contribution in [3.8, 4) is 0 Å². The van der Waals surface area contributed by atoms with E-state index in [4.69, 9.17) is 0 Å². The van der Waals surface area contributed by atoms with Crippen LogP contribution in [-0.2, 0) is 6.42 Å². The normalized spacial score (nSPS) is 21.9. The molecule has 0 amide bonds. The van der Waals surface area contributed by atoms with E-state index in [2.05, 4.69) is 46.3 Å². The lowest BCUT2D eigenvalue weighted by atomic mass is 9.78. The Balaban J connectivity index is 0.00000264. The summed E-state index contributed by atoms with van der Waals surface area (Å²) in [6.45, 7) is 9.91. The Labute approximate surface area is 162 Å². The summed E-state index contributed by atoms with van der Waals surface area (Å²) in [4.78, 5) is 11.4. The fourth-order valence-corrected chi connectivity index (χ4v) is 4.11. The minimum absolute atomic E-state index is 0. The zero-order chi connectivity index (χ0) is 16.0. The molecule has 0 aromatic carbocycles. The molecule has 1 N–H and O–H groups in total. The number of hydrogen-bond acceptors (Lipinski definition) is 3. The molecule has 1 fully saturated rings. The van der Waals surface area contributed by atoms with E-state index in [9.17, 15) is 0 Å². The molecule has 1 aliphatic heterocycles. The van der Waals surface area contributed by atoms with E-state index in [0.29, 0.717) is 5.41 Å². The Hall–Kier alpha value is -0.370. The number of aromatic nitrogens is 1. The van der Waals surface area contributed by atoms with Crippen molar-refractivity contribution in [1.29, 1.82) is 0 Å². The van der Waals surface area contributed by atoms with E-state index in [1.807, 2.05) is 7.05 Å². The zero-order valence-corrected chi connectivity index (χ0v) is 18.0. The maximum absolute atomic E-state index is 4.52. The second-order valence-corrected chi connectivity index (χ2v) is 7.73. The number of thiazole rings is 1. The summed E-state index contributed by atoms with van der Waals surface area (Å²) in [5.41, 5.74) is 1.62. The van der Waals surface area contributed by atoms with Crippen molar-refractivity contribution in [1.82, 2.24) is 15.2 Å². The number of guanidine groups is 1. The van der Waals surface area contributed by atoms with Gasteiger partial charge in [0.05, 0.1) is 10.7 Å². The van der Waals surface area contributed by atoms with Gasteiger partial charge in [0.2, 0.25) is 0 Å². The molecule has 0 saturated carbocycles. The van der Waals surface area contributed by atoms with Gasteiger partial charge in [0.15, 0.2) is 5.96 Å². The maximum atomic E-state index is 4.52. The molecule has 0 bridgehead atoms. The molecule has 1 aromatic rings. The summed E-state index contributed by atoms with van der Waals surface area (Å²) in [5, 5.41) is 6.81. The number of hydrogen-bond donors (Lipinski definition) is 1. The number of aliphatic imine (C=N–C) groups is 1. The summed E-state index contributed by atoms with van der Waals surface area (Å²) in [6.07, 6.45) is 6.14. The lowest BCUT2D eigenvalue weighted by Gasteiger charge is -2.42. The van der Waals surface area contributed by atoms with Gasteiger partial charge in [-0.1, -0.05) is 20.3 Å². The summed E-state index contributed by atoms with van der Waals surface area (Å²) in [7, 11) is 1.89. The Morgan fingerprint density at radius 2 is 2.30 bits per heavy atom. The van der Waals surface area contributed by atoms with Gasteiger partial charge in [0.25, 0.3) is 0 Å². The summed E-state index contributed by atoms with van der Waals surface area (Å²) < 4.78 is 0. The summed E-state index contributed by atoms with van der Waals surface area (Å²) in [6, 6.07) is 0. The largest absolute Gasteiger partial charge is 0.356 e. The number of halogens is 1. The average molecular weight is 450 g/mol. The predicted octanol–water partition coefficient (Wildman–Crippen LogP) is 4.09. The molecule has 132 valence electrons. The van der Waals surface area contributed by atoms with E-state index in [-0.39, 0.29) is 24.0 Å². The van der Waals surface area contributed by atoms with Crippen molar-refractivity contribution in [3.05, 3.63) is 16.1 Å². The van der Waals surface area contributed by atoms with Crippen LogP contribution in [0.3, 0.4) is 0 Å². The third kappa shape index (κ3) is 6.21. The first-order valence-electron chi connectivity index (χ1n) is 8.43. The Morgan fingerprint density at radius 1 is 1.52 bits per heavy atom. The molecule has 1 saturated heterocycles. The van der Waals surface area contributed by atoms with Crippen LogP contribution in [0.2, 0.25) is 0 Å². The molecule has 4 nitrogen and oxygen atoms in total. The van der Waals surface area contributed by atoms with Gasteiger partial charge in [-0.3, -0.25) is 4.99 Å². The van der Waals surface area contributed by atoms with Crippen LogP contribution < -0.4 is 5.32 Å². The highest BCUT2D eigenvalue weighted by atomic mass is 127. The molecule has 2 heterocycles. The molecule has 0 radical (unpaired) electrons. The Kier molecular flexibility index (Phi) is 8.82. The van der Waals surface area contributed by atoms with Crippen LogP contribution in [0.4, 0.5) is 0 Å². The highest BCUT2D eigenvalue weighted by Crippen LogP contribution is 2.33. The van der Waals surface area contributed by atoms with Crippen molar-refractivity contribution < 1.29 is 0 Å². The lowest BCUT2D eigenvalue weighted by molar-refractivity contribution is 0.142. The van der Waals surface area contributed by atoms with Gasteiger partial charge in [0.1, 0.15) is 0 Å². The Morgan fingerprint density at radius 3 is 2.91 bits per heavy atom. The molecule has 1 atom stereocenters. The Bertz CT molecular complexity index is 499. The second-order valence-electron chi connectivity index (χ2n) is 6.67. The molecule has 0 aliphatic carbocycles. The molecule has 1 aliphatic rings. The van der Waals surface area contributed by atoms with E-state index in [0.717, 1.165) is 37.0 Å². The molecular weight excluding hydrogens is 419 g/mol. The first-order valence-corrected chi connectivity index (χ1v) is 9.31. The first-order chi connectivity index (χ1) is 10.6. The van der Waals surface area contributed by atoms with Crippen LogP contribution in [0.1, 0.15) is 50.2 Å². The standard InChI is InChI=1S/C17H30N4S.HI/c1-5-8-17(3)9-6-11-21(13-17)16(18-4)19-10-7-15-12-22-14(2)20-15;/h12H,5-11,13H2,1-4H3,(H,18,19);1H. The average Bonchev–Trinajstić information content (AvgIpc) is 2.89. The zero-order valence-electron chi connectivity index (χ0n) is 14.9. The van der Waals surface area contributed by atoms with E-state index in [1.54, 1.807) is 11.3 Å². The summed E-state index contributed by atoms with van der Waals surface area (Å²) >= 11 is 1.72. The van der Waals surface area contributed by atoms with Crippen LogP contribution in [-0.4, -0.2) is 42.5 Å². The minimum atomic E-state index is 0. The maximum Gasteiger partial charge on any atom is 0.193 e. The highest BCUT2D eigenvalue weighted by Gasteiger charge is 2.31. The third-order valence-electron chi connectivity index (χ3n) is 4.48. The smallest absolute Gasteiger partial charge is 0.193 e. The first kappa shape index (κ1) is 20.7. The van der Waals surface area contributed by atoms with Gasteiger partial charge in [-0.25, -0.2) is 4.98 Å². The molecule has 1 aromatic heterocycles. The monoisotopic (exact) mass is 450 g/mol. The van der Waals surface area contributed by atoms with Crippen LogP contribution in [0, 0.1) is 12.3 Å². The van der Waals surface area contributed by atoms with E-state index >= 15 is 0 Å². The van der Waals surface area contributed by atoms with Gasteiger partial charge in [0, 0.05) is 38.5 Å². The van der Waals surface area contributed by atoms with Crippen molar-refractivity contribution in [2.75, 3.05) is 26.7 Å². The van der Waals surface area contributed by atoms with Crippen LogP contribution in [0.15, 0.2) is 10.4 Å². The minimum Gasteiger partial charge on any atom is -0.356 e. The molecular formula is C17H31IN4S. The lowest BCUT2D eigenvalue weighted by Crippen LogP contribution is -2.50. The van der Waals surface area contributed by atoms with Crippen molar-refractivity contribution in [2.24, 2.45) is 10.4 Å². The molecule has 1 unspecified atom stereocenters. The number of piperidine rings is 1. The van der Waals surface area contributed by atoms with Crippen LogP contribution in [0.5, 0.6) is 0 Å². The topological polar surface area (TPSA) is 40.5 Å². The number of aryl methyl sites for hydroxylation is 1. The third-order valence-corrected chi connectivity index (χ3v) is 5.30. The second kappa shape index (κ2) is 9.81. The number of nitrogens with zero attached hydrogens (tertiary/aromatic N) is 3. The van der Waals surface area contributed by atoms with Crippen LogP contribution in [0.25, 0.3) is 0 Å². The summed E-state index contributed by atoms with van der Waals surface area (Å²) in [5.74, 6) is 1.05. The van der Waals surface area contributed by atoms with Gasteiger partial charge < -0.3 is 10.2 Å². The fourth-order valence-electron chi connectivity index (χ4n) is 3.46. The number of nitrogens with one attached hydrogen (secondary N) is 1. The molecule has 23 heavy (non-hydrogen) atoms. The van der Waals surface area contributed by atoms with Gasteiger partial charge in [-0.2, -0.15) is 0 Å². The van der Waals surface area contributed by atoms with Gasteiger partial charge in [-0.15, -0.1) is 35.3 Å². The molecule has 6 heteroatoms. The quantitative estimate of drug-likeness (QED) is 0.418. The van der Waals surface area contributed by atoms with Crippen molar-refractivity contribution in [2.45, 2.75) is 52.9 Å². The highest BCUT2D eigenvalue weighted by molar-refractivity contribution is 14.0. The predicted molar refractivity (Wildman–Crippen MR) is 111 cm³/mol. The fraction of sp³-hybridized carbons (Fsp3) is 0.765. The number of rotatable bonds is 5. The van der Waals surface area contributed by atoms with E-state index < -0.39 is 0 Å². The SMILES string of the molecule is CCCC1(C)CCCN(C(=NC)NCCc2csc(C)n2)C1.I. The van der Waals surface area contributed by atoms with Gasteiger partial charge in [-0.05, 0) is 31.6 Å². The van der Waals surface area contributed by atoms with Crippen LogP contribution >= 0.6 is 35.3 Å². The van der Waals surface area contributed by atoms with Crippen molar-refractivity contribution in [3.63, 3.8) is 0 Å². The van der Waals surface area contributed by atoms with Crippen molar-refractivity contribution >= 4 is 41.3 Å².